The number of rotatable bonds is 5. The number of aryl methyl sites for hydroxylation is 2. The van der Waals surface area contributed by atoms with Gasteiger partial charge in [-0.05, 0) is 27.2 Å². The molecule has 1 N–H and O–H groups in total. The molecule has 0 saturated heterocycles. The van der Waals surface area contributed by atoms with Crippen LogP contribution in [0.1, 0.15) is 37.6 Å². The lowest BCUT2D eigenvalue weighted by Gasteiger charge is -2.18. The summed E-state index contributed by atoms with van der Waals surface area (Å²) >= 11 is 0. The highest BCUT2D eigenvalue weighted by Gasteiger charge is 2.13. The number of nitrogens with one attached hydrogen (secondary N) is 1. The van der Waals surface area contributed by atoms with Crippen LogP contribution in [0.5, 0.6) is 0 Å². The molecule has 3 nitrogen and oxygen atoms in total. The lowest BCUT2D eigenvalue weighted by atomic mass is 10.1. The van der Waals surface area contributed by atoms with E-state index in [2.05, 4.69) is 37.0 Å². The number of hydrogen-bond donors (Lipinski definition) is 1. The summed E-state index contributed by atoms with van der Waals surface area (Å²) in [6.45, 7) is 10.1. The van der Waals surface area contributed by atoms with Gasteiger partial charge in [0.05, 0.1) is 5.69 Å². The average Bonchev–Trinajstić information content (AvgIpc) is 2.45. The van der Waals surface area contributed by atoms with E-state index < -0.39 is 0 Å². The Morgan fingerprint density at radius 1 is 1.60 bits per heavy atom. The molecular weight excluding hydrogens is 186 g/mol. The maximum Gasteiger partial charge on any atom is 0.0641 e. The van der Waals surface area contributed by atoms with Crippen molar-refractivity contribution < 1.29 is 0 Å². The predicted molar refractivity (Wildman–Crippen MR) is 63.8 cm³/mol. The Morgan fingerprint density at radius 2 is 2.27 bits per heavy atom. The van der Waals surface area contributed by atoms with Gasteiger partial charge in [-0.3, -0.25) is 4.68 Å². The van der Waals surface area contributed by atoms with E-state index in [1.165, 1.54) is 5.56 Å². The summed E-state index contributed by atoms with van der Waals surface area (Å²) in [6, 6.07) is 0.797. The van der Waals surface area contributed by atoms with Crippen LogP contribution in [-0.4, -0.2) is 15.8 Å². The monoisotopic (exact) mass is 207 g/mol. The normalized spacial score (nSPS) is 14.9. The maximum absolute atomic E-state index is 4.34. The number of nitrogens with zero attached hydrogens (tertiary/aromatic N) is 2. The summed E-state index contributed by atoms with van der Waals surface area (Å²) in [4.78, 5) is 0. The van der Waals surface area contributed by atoms with Gasteiger partial charge in [-0.15, -0.1) is 6.58 Å². The van der Waals surface area contributed by atoms with Crippen LogP contribution >= 0.6 is 0 Å². The molecule has 0 fully saturated rings. The van der Waals surface area contributed by atoms with Gasteiger partial charge in [-0.1, -0.05) is 6.08 Å². The van der Waals surface area contributed by atoms with Crippen molar-refractivity contribution in [2.24, 2.45) is 7.05 Å². The van der Waals surface area contributed by atoms with Crippen LogP contribution in [0.15, 0.2) is 18.9 Å². The van der Waals surface area contributed by atoms with Gasteiger partial charge in [0.15, 0.2) is 0 Å². The van der Waals surface area contributed by atoms with E-state index in [4.69, 9.17) is 0 Å². The largest absolute Gasteiger partial charge is 0.307 e. The molecule has 1 rings (SSSR count). The zero-order valence-corrected chi connectivity index (χ0v) is 10.1. The zero-order chi connectivity index (χ0) is 11.4. The van der Waals surface area contributed by atoms with Crippen LogP contribution in [0, 0.1) is 6.92 Å². The summed E-state index contributed by atoms with van der Waals surface area (Å²) in [5.41, 5.74) is 2.37. The van der Waals surface area contributed by atoms with Crippen LogP contribution in [0.2, 0.25) is 0 Å². The average molecular weight is 207 g/mol. The molecule has 2 unspecified atom stereocenters. The SMILES string of the molecule is C=CCC(C)NC(C)c1cn(C)nc1C. The minimum absolute atomic E-state index is 0.341. The van der Waals surface area contributed by atoms with Crippen molar-refractivity contribution in [3.63, 3.8) is 0 Å². The molecule has 0 bridgehead atoms. The maximum atomic E-state index is 4.34. The third-order valence-electron chi connectivity index (χ3n) is 2.57. The molecule has 0 radical (unpaired) electrons. The predicted octanol–water partition coefficient (Wildman–Crippen LogP) is 2.34. The number of aromatic nitrogens is 2. The van der Waals surface area contributed by atoms with Gasteiger partial charge in [-0.2, -0.15) is 5.10 Å². The van der Waals surface area contributed by atoms with Crippen molar-refractivity contribution in [1.29, 1.82) is 0 Å². The third kappa shape index (κ3) is 3.20. The second-order valence-corrected chi connectivity index (χ2v) is 4.16. The first-order valence-corrected chi connectivity index (χ1v) is 5.41. The van der Waals surface area contributed by atoms with Crippen molar-refractivity contribution in [3.8, 4) is 0 Å². The minimum Gasteiger partial charge on any atom is -0.307 e. The molecule has 1 aromatic heterocycles. The van der Waals surface area contributed by atoms with Gasteiger partial charge in [0.1, 0.15) is 0 Å². The molecule has 15 heavy (non-hydrogen) atoms. The van der Waals surface area contributed by atoms with E-state index in [1.54, 1.807) is 0 Å². The standard InChI is InChI=1S/C12H21N3/c1-6-7-9(2)13-10(3)12-8-15(5)14-11(12)4/h6,8-10,13H,1,7H2,2-5H3. The van der Waals surface area contributed by atoms with Crippen LogP contribution in [0.4, 0.5) is 0 Å². The van der Waals surface area contributed by atoms with E-state index >= 15 is 0 Å². The van der Waals surface area contributed by atoms with Crippen molar-refractivity contribution in [2.45, 2.75) is 39.3 Å². The summed E-state index contributed by atoms with van der Waals surface area (Å²) < 4.78 is 1.86. The minimum atomic E-state index is 0.341. The van der Waals surface area contributed by atoms with Crippen molar-refractivity contribution in [2.75, 3.05) is 0 Å². The van der Waals surface area contributed by atoms with Crippen LogP contribution in [0.25, 0.3) is 0 Å². The molecule has 0 saturated carbocycles. The molecule has 0 aliphatic rings. The summed E-state index contributed by atoms with van der Waals surface area (Å²) in [5, 5.41) is 7.87. The highest BCUT2D eigenvalue weighted by molar-refractivity contribution is 5.19. The summed E-state index contributed by atoms with van der Waals surface area (Å²) in [7, 11) is 1.95. The molecule has 3 heteroatoms. The van der Waals surface area contributed by atoms with Crippen molar-refractivity contribution in [1.82, 2.24) is 15.1 Å². The van der Waals surface area contributed by atoms with Gasteiger partial charge in [0.25, 0.3) is 0 Å². The second kappa shape index (κ2) is 5.12. The summed E-state index contributed by atoms with van der Waals surface area (Å²) in [6.07, 6.45) is 5.01. The third-order valence-corrected chi connectivity index (χ3v) is 2.57. The van der Waals surface area contributed by atoms with Crippen molar-refractivity contribution >= 4 is 0 Å². The highest BCUT2D eigenvalue weighted by atomic mass is 15.3. The molecule has 0 aromatic carbocycles. The Hall–Kier alpha value is -1.09. The lowest BCUT2D eigenvalue weighted by molar-refractivity contribution is 0.481. The molecule has 0 aliphatic carbocycles. The molecule has 0 aliphatic heterocycles. The molecule has 1 aromatic rings. The fourth-order valence-electron chi connectivity index (χ4n) is 1.88. The molecule has 2 atom stereocenters. The van der Waals surface area contributed by atoms with Crippen molar-refractivity contribution in [3.05, 3.63) is 30.1 Å². The van der Waals surface area contributed by atoms with Gasteiger partial charge in [-0.25, -0.2) is 0 Å². The topological polar surface area (TPSA) is 29.9 Å². The lowest BCUT2D eigenvalue weighted by Crippen LogP contribution is -2.28. The smallest absolute Gasteiger partial charge is 0.0641 e. The van der Waals surface area contributed by atoms with Crippen LogP contribution < -0.4 is 5.32 Å². The van der Waals surface area contributed by atoms with Crippen LogP contribution in [-0.2, 0) is 7.05 Å². The quantitative estimate of drug-likeness (QED) is 0.751. The first kappa shape index (κ1) is 12.0. The Bertz CT molecular complexity index is 328. The molecule has 0 spiro atoms. The second-order valence-electron chi connectivity index (χ2n) is 4.16. The van der Waals surface area contributed by atoms with Gasteiger partial charge in [0.2, 0.25) is 0 Å². The molecule has 1 heterocycles. The van der Waals surface area contributed by atoms with Gasteiger partial charge < -0.3 is 5.32 Å². The molecular formula is C12H21N3. The Kier molecular flexibility index (Phi) is 4.09. The van der Waals surface area contributed by atoms with E-state index in [1.807, 2.05) is 24.7 Å². The van der Waals surface area contributed by atoms with Gasteiger partial charge >= 0.3 is 0 Å². The fourth-order valence-corrected chi connectivity index (χ4v) is 1.88. The van der Waals surface area contributed by atoms with E-state index in [0.29, 0.717) is 12.1 Å². The molecule has 84 valence electrons. The number of hydrogen-bond acceptors (Lipinski definition) is 2. The fraction of sp³-hybridized carbons (Fsp3) is 0.583. The Labute approximate surface area is 92.2 Å². The van der Waals surface area contributed by atoms with Gasteiger partial charge in [0, 0.05) is 30.9 Å². The zero-order valence-electron chi connectivity index (χ0n) is 10.1. The summed E-state index contributed by atoms with van der Waals surface area (Å²) in [5.74, 6) is 0. The molecule has 0 amide bonds. The Balaban J connectivity index is 2.64. The van der Waals surface area contributed by atoms with E-state index in [9.17, 15) is 0 Å². The first-order valence-electron chi connectivity index (χ1n) is 5.41. The first-order chi connectivity index (χ1) is 7.04. The Morgan fingerprint density at radius 3 is 2.73 bits per heavy atom. The van der Waals surface area contributed by atoms with E-state index in [-0.39, 0.29) is 0 Å². The highest BCUT2D eigenvalue weighted by Crippen LogP contribution is 2.16. The van der Waals surface area contributed by atoms with E-state index in [0.717, 1.165) is 12.1 Å². The van der Waals surface area contributed by atoms with Crippen LogP contribution in [0.3, 0.4) is 0 Å².